The Hall–Kier alpha value is -3.40. The molecule has 0 saturated heterocycles. The molecule has 0 saturated carbocycles. The van der Waals surface area contributed by atoms with E-state index in [9.17, 15) is 0 Å². The third kappa shape index (κ3) is 6.79. The summed E-state index contributed by atoms with van der Waals surface area (Å²) in [4.78, 5) is 0. The normalized spacial score (nSPS) is 10.4. The molecule has 0 fully saturated rings. The second-order valence-electron chi connectivity index (χ2n) is 6.87. The molecule has 5 heteroatoms. The fourth-order valence-electron chi connectivity index (χ4n) is 3.32. The zero-order valence-corrected chi connectivity index (χ0v) is 20.3. The van der Waals surface area contributed by atoms with Crippen molar-refractivity contribution in [3.63, 3.8) is 0 Å². The molecule has 4 aromatic rings. The van der Waals surface area contributed by atoms with Crippen LogP contribution in [0.3, 0.4) is 0 Å². The number of rotatable bonds is 7. The third-order valence-electron chi connectivity index (χ3n) is 4.95. The van der Waals surface area contributed by atoms with Crippen molar-refractivity contribution in [3.8, 4) is 23.0 Å². The van der Waals surface area contributed by atoms with Gasteiger partial charge in [-0.25, -0.2) is 12.1 Å². The molecule has 4 aromatic carbocycles. The minimum absolute atomic E-state index is 0. The SMILES string of the molecule is COc1ccc(/C(=C/c2ccc(OC)c(OC)c2)[c-]2cccc2)c(OC)c1.[Fe+2].c1cc[cH-]c1. The number of ether oxygens (including phenoxy) is 4. The molecule has 4 nitrogen and oxygen atoms in total. The van der Waals surface area contributed by atoms with E-state index in [1.165, 1.54) is 0 Å². The average molecular weight is 484 g/mol. The second kappa shape index (κ2) is 13.2. The number of hydrogen-bond acceptors (Lipinski definition) is 4. The van der Waals surface area contributed by atoms with Gasteiger partial charge in [0.15, 0.2) is 11.5 Å². The number of methoxy groups -OCH3 is 4. The summed E-state index contributed by atoms with van der Waals surface area (Å²) < 4.78 is 21.7. The largest absolute Gasteiger partial charge is 2.00 e. The summed E-state index contributed by atoms with van der Waals surface area (Å²) in [5.41, 5.74) is 4.14. The summed E-state index contributed by atoms with van der Waals surface area (Å²) in [7, 11) is 6.57. The molecule has 0 aliphatic heterocycles. The molecule has 0 bridgehead atoms. The molecule has 0 aromatic heterocycles. The molecule has 0 atom stereocenters. The predicted octanol–water partition coefficient (Wildman–Crippen LogP) is 6.43. The first-order valence-electron chi connectivity index (χ1n) is 10.2. The van der Waals surface area contributed by atoms with Crippen molar-refractivity contribution in [1.29, 1.82) is 0 Å². The Kier molecular flexibility index (Phi) is 10.4. The van der Waals surface area contributed by atoms with Crippen LogP contribution in [-0.4, -0.2) is 28.4 Å². The van der Waals surface area contributed by atoms with E-state index >= 15 is 0 Å². The standard InChI is InChI=1S/C23H23O4.C5H5.Fe/c1-24-18-10-11-19(22(15-18)26-3)20(17-7-5-6-8-17)13-16-9-12-21(25-2)23(14-16)27-4;1-2-4-5-3-1;/h5-15H,1-4H3;1-5H;/q2*-1;+2/b20-13+;;. The topological polar surface area (TPSA) is 36.9 Å². The molecule has 0 N–H and O–H groups in total. The fraction of sp³-hybridized carbons (Fsp3) is 0.143. The molecule has 0 aliphatic carbocycles. The van der Waals surface area contributed by atoms with Crippen molar-refractivity contribution in [2.75, 3.05) is 28.4 Å². The molecule has 172 valence electrons. The molecule has 0 heterocycles. The molecular weight excluding hydrogens is 456 g/mol. The summed E-state index contributed by atoms with van der Waals surface area (Å²) in [5.74, 6) is 2.90. The minimum atomic E-state index is 0. The van der Waals surface area contributed by atoms with Gasteiger partial charge in [-0.15, -0.1) is 23.8 Å². The van der Waals surface area contributed by atoms with Crippen molar-refractivity contribution < 1.29 is 36.0 Å². The zero-order chi connectivity index (χ0) is 22.8. The predicted molar refractivity (Wildman–Crippen MR) is 130 cm³/mol. The molecule has 33 heavy (non-hydrogen) atoms. The van der Waals surface area contributed by atoms with Gasteiger partial charge >= 0.3 is 17.1 Å². The maximum absolute atomic E-state index is 5.62. The van der Waals surface area contributed by atoms with Crippen LogP contribution >= 0.6 is 0 Å². The van der Waals surface area contributed by atoms with Gasteiger partial charge in [0.1, 0.15) is 5.75 Å². The van der Waals surface area contributed by atoms with Gasteiger partial charge in [0.25, 0.3) is 0 Å². The van der Waals surface area contributed by atoms with Crippen molar-refractivity contribution >= 4 is 11.6 Å². The zero-order valence-electron chi connectivity index (χ0n) is 19.2. The Morgan fingerprint density at radius 1 is 0.727 bits per heavy atom. The summed E-state index contributed by atoms with van der Waals surface area (Å²) in [5, 5.41) is 0. The number of hydrogen-bond donors (Lipinski definition) is 0. The Labute approximate surface area is 206 Å². The first-order valence-corrected chi connectivity index (χ1v) is 10.2. The average Bonchev–Trinajstić information content (AvgIpc) is 3.59. The van der Waals surface area contributed by atoms with E-state index < -0.39 is 0 Å². The maximum atomic E-state index is 5.62. The smallest absolute Gasteiger partial charge is 0.504 e. The van der Waals surface area contributed by atoms with Crippen LogP contribution in [0.25, 0.3) is 11.6 Å². The molecule has 4 rings (SSSR count). The van der Waals surface area contributed by atoms with Crippen molar-refractivity contribution in [2.45, 2.75) is 0 Å². The van der Waals surface area contributed by atoms with Crippen LogP contribution < -0.4 is 18.9 Å². The summed E-state index contributed by atoms with van der Waals surface area (Å²) in [6, 6.07) is 29.9. The molecule has 0 spiro atoms. The van der Waals surface area contributed by atoms with E-state index in [1.807, 2.05) is 78.9 Å². The van der Waals surface area contributed by atoms with Crippen LogP contribution in [0.5, 0.6) is 23.0 Å². The van der Waals surface area contributed by atoms with Gasteiger partial charge in [-0.3, -0.25) is 0 Å². The van der Waals surface area contributed by atoms with E-state index in [0.29, 0.717) is 11.5 Å². The van der Waals surface area contributed by atoms with Gasteiger partial charge in [-0.05, 0) is 23.8 Å². The van der Waals surface area contributed by atoms with Gasteiger partial charge in [0.2, 0.25) is 0 Å². The van der Waals surface area contributed by atoms with E-state index in [4.69, 9.17) is 18.9 Å². The summed E-state index contributed by atoms with van der Waals surface area (Å²) in [6.07, 6.45) is 2.11. The molecule has 0 aliphatic rings. The van der Waals surface area contributed by atoms with E-state index in [1.54, 1.807) is 28.4 Å². The van der Waals surface area contributed by atoms with Gasteiger partial charge in [0, 0.05) is 6.07 Å². The second-order valence-corrected chi connectivity index (χ2v) is 6.87. The third-order valence-corrected chi connectivity index (χ3v) is 4.95. The summed E-state index contributed by atoms with van der Waals surface area (Å²) in [6.45, 7) is 0. The monoisotopic (exact) mass is 484 g/mol. The van der Waals surface area contributed by atoms with E-state index in [-0.39, 0.29) is 17.1 Å². The first kappa shape index (κ1) is 25.9. The van der Waals surface area contributed by atoms with Gasteiger partial charge in [0.05, 0.1) is 34.2 Å². The first-order chi connectivity index (χ1) is 15.7. The van der Waals surface area contributed by atoms with Crippen molar-refractivity contribution in [1.82, 2.24) is 0 Å². The van der Waals surface area contributed by atoms with Crippen LogP contribution in [0.4, 0.5) is 0 Å². The van der Waals surface area contributed by atoms with Crippen LogP contribution in [-0.2, 0) is 17.1 Å². The van der Waals surface area contributed by atoms with Crippen LogP contribution in [0.1, 0.15) is 16.7 Å². The molecule has 0 amide bonds. The number of benzene rings is 2. The van der Waals surface area contributed by atoms with Gasteiger partial charge in [-0.1, -0.05) is 23.3 Å². The summed E-state index contributed by atoms with van der Waals surface area (Å²) >= 11 is 0. The quantitative estimate of drug-likeness (QED) is 0.172. The van der Waals surface area contributed by atoms with Crippen molar-refractivity contribution in [2.24, 2.45) is 0 Å². The van der Waals surface area contributed by atoms with Crippen molar-refractivity contribution in [3.05, 3.63) is 108 Å². The Morgan fingerprint density at radius 3 is 1.94 bits per heavy atom. The van der Waals surface area contributed by atoms with E-state index in [0.717, 1.165) is 33.8 Å². The van der Waals surface area contributed by atoms with E-state index in [2.05, 4.69) is 18.2 Å². The van der Waals surface area contributed by atoms with Gasteiger partial charge in [-0.2, -0.15) is 30.3 Å². The molecule has 0 radical (unpaired) electrons. The molecular formula is C28H28FeO4. The Morgan fingerprint density at radius 2 is 1.39 bits per heavy atom. The van der Waals surface area contributed by atoms with Crippen LogP contribution in [0, 0.1) is 0 Å². The van der Waals surface area contributed by atoms with Crippen LogP contribution in [0.15, 0.2) is 91.0 Å². The maximum Gasteiger partial charge on any atom is 2.00 e. The molecule has 0 unspecified atom stereocenters. The van der Waals surface area contributed by atoms with Crippen LogP contribution in [0.2, 0.25) is 0 Å². The minimum Gasteiger partial charge on any atom is -0.504 e. The Balaban J connectivity index is 0.000000568. The fourth-order valence-corrected chi connectivity index (χ4v) is 3.32. The van der Waals surface area contributed by atoms with Gasteiger partial charge < -0.3 is 18.9 Å². The Bertz CT molecular complexity index is 1100.